The van der Waals surface area contributed by atoms with Gasteiger partial charge in [0.1, 0.15) is 17.2 Å². The fourth-order valence-corrected chi connectivity index (χ4v) is 3.10. The lowest BCUT2D eigenvalue weighted by Crippen LogP contribution is -2.15. The van der Waals surface area contributed by atoms with E-state index in [0.717, 1.165) is 16.5 Å². The third kappa shape index (κ3) is 3.46. The Labute approximate surface area is 156 Å². The predicted octanol–water partition coefficient (Wildman–Crippen LogP) is 4.30. The second-order valence-electron chi connectivity index (χ2n) is 6.00. The van der Waals surface area contributed by atoms with Crippen LogP contribution in [0.2, 0.25) is 5.02 Å². The molecular weight excluding hydrogens is 356 g/mol. The molecule has 1 amide bonds. The summed E-state index contributed by atoms with van der Waals surface area (Å²) in [6.07, 6.45) is 0.0734. The highest BCUT2D eigenvalue weighted by atomic mass is 35.5. The van der Waals surface area contributed by atoms with Crippen LogP contribution in [0.3, 0.4) is 0 Å². The Hall–Kier alpha value is -2.73. The fourth-order valence-electron chi connectivity index (χ4n) is 2.87. The van der Waals surface area contributed by atoms with Crippen LogP contribution in [-0.2, 0) is 11.2 Å². The van der Waals surface area contributed by atoms with Gasteiger partial charge in [0.15, 0.2) is 5.58 Å². The van der Waals surface area contributed by atoms with Crippen LogP contribution in [0.25, 0.3) is 11.0 Å². The zero-order valence-electron chi connectivity index (χ0n) is 15.0. The van der Waals surface area contributed by atoms with Crippen LogP contribution in [0.4, 0.5) is 5.69 Å². The van der Waals surface area contributed by atoms with Gasteiger partial charge in [0.05, 0.1) is 31.4 Å². The molecule has 136 valence electrons. The summed E-state index contributed by atoms with van der Waals surface area (Å²) in [4.78, 5) is 12.5. The highest BCUT2D eigenvalue weighted by molar-refractivity contribution is 6.32. The average molecular weight is 375 g/mol. The Morgan fingerprint density at radius 2 is 1.88 bits per heavy atom. The number of fused-ring (bicyclic) bond motifs is 1. The largest absolute Gasteiger partial charge is 0.495 e. The summed E-state index contributed by atoms with van der Waals surface area (Å²) >= 11 is 6.09. The highest BCUT2D eigenvalue weighted by Gasteiger charge is 2.17. The zero-order chi connectivity index (χ0) is 18.8. The number of nitrogens with zero attached hydrogens (tertiary/aromatic N) is 1. The maximum atomic E-state index is 12.5. The molecule has 3 rings (SSSR count). The van der Waals surface area contributed by atoms with Crippen LogP contribution in [0.15, 0.2) is 28.8 Å². The van der Waals surface area contributed by atoms with Crippen molar-refractivity contribution in [3.8, 4) is 11.5 Å². The van der Waals surface area contributed by atoms with E-state index in [4.69, 9.17) is 25.6 Å². The number of carbonyl (C=O) groups excluding carboxylic acids is 1. The molecule has 0 bridgehead atoms. The number of benzene rings is 2. The summed E-state index contributed by atoms with van der Waals surface area (Å²) in [6, 6.07) is 7.19. The first kappa shape index (κ1) is 18.1. The van der Waals surface area contributed by atoms with Gasteiger partial charge in [0.25, 0.3) is 0 Å². The Bertz CT molecular complexity index is 981. The van der Waals surface area contributed by atoms with Gasteiger partial charge in [-0.25, -0.2) is 0 Å². The van der Waals surface area contributed by atoms with E-state index >= 15 is 0 Å². The quantitative estimate of drug-likeness (QED) is 0.720. The van der Waals surface area contributed by atoms with Crippen LogP contribution in [-0.4, -0.2) is 25.3 Å². The Morgan fingerprint density at radius 1 is 1.15 bits per heavy atom. The van der Waals surface area contributed by atoms with Gasteiger partial charge in [-0.2, -0.15) is 0 Å². The minimum atomic E-state index is -0.248. The lowest BCUT2D eigenvalue weighted by Gasteiger charge is -2.12. The molecule has 0 atom stereocenters. The molecule has 6 nitrogen and oxygen atoms in total. The molecule has 2 aromatic carbocycles. The molecule has 3 aromatic rings. The second kappa shape index (κ2) is 7.25. The number of aryl methyl sites for hydroxylation is 2. The topological polar surface area (TPSA) is 73.6 Å². The van der Waals surface area contributed by atoms with Crippen molar-refractivity contribution in [1.29, 1.82) is 0 Å². The standard InChI is InChI=1S/C19H19ClN2O4/c1-10-5-11(2)19-12(6-10)14(22-26-19)9-18(23)21-15-8-16(24-3)13(20)7-17(15)25-4/h5-8H,9H2,1-4H3,(H,21,23). The van der Waals surface area contributed by atoms with Crippen molar-refractivity contribution in [1.82, 2.24) is 5.16 Å². The predicted molar refractivity (Wildman–Crippen MR) is 100 cm³/mol. The SMILES string of the molecule is COc1cc(NC(=O)Cc2noc3c(C)cc(C)cc23)c(OC)cc1Cl. The van der Waals surface area contributed by atoms with E-state index in [2.05, 4.69) is 10.5 Å². The Kier molecular flexibility index (Phi) is 5.04. The monoisotopic (exact) mass is 374 g/mol. The molecule has 0 radical (unpaired) electrons. The maximum absolute atomic E-state index is 12.5. The van der Waals surface area contributed by atoms with Crippen LogP contribution in [0.1, 0.15) is 16.8 Å². The second-order valence-corrected chi connectivity index (χ2v) is 6.41. The van der Waals surface area contributed by atoms with Gasteiger partial charge in [-0.15, -0.1) is 0 Å². The molecule has 7 heteroatoms. The molecular formula is C19H19ClN2O4. The number of halogens is 1. The molecule has 0 saturated carbocycles. The number of rotatable bonds is 5. The molecule has 0 saturated heterocycles. The first-order chi connectivity index (χ1) is 12.4. The van der Waals surface area contributed by atoms with Crippen LogP contribution < -0.4 is 14.8 Å². The normalized spacial score (nSPS) is 10.8. The van der Waals surface area contributed by atoms with Crippen LogP contribution >= 0.6 is 11.6 Å². The number of carbonyl (C=O) groups is 1. The van der Waals surface area contributed by atoms with Crippen molar-refractivity contribution in [2.75, 3.05) is 19.5 Å². The summed E-state index contributed by atoms with van der Waals surface area (Å²) in [5.74, 6) is 0.642. The van der Waals surface area contributed by atoms with Gasteiger partial charge in [0.2, 0.25) is 5.91 Å². The molecule has 0 unspecified atom stereocenters. The van der Waals surface area contributed by atoms with Crippen LogP contribution in [0.5, 0.6) is 11.5 Å². The van der Waals surface area contributed by atoms with E-state index in [1.165, 1.54) is 14.2 Å². The first-order valence-electron chi connectivity index (χ1n) is 7.99. The molecule has 26 heavy (non-hydrogen) atoms. The Morgan fingerprint density at radius 3 is 2.58 bits per heavy atom. The fraction of sp³-hybridized carbons (Fsp3) is 0.263. The van der Waals surface area contributed by atoms with E-state index in [0.29, 0.717) is 33.5 Å². The van der Waals surface area contributed by atoms with Crippen molar-refractivity contribution in [2.45, 2.75) is 20.3 Å². The summed E-state index contributed by atoms with van der Waals surface area (Å²) in [7, 11) is 3.01. The van der Waals surface area contributed by atoms with Crippen molar-refractivity contribution >= 4 is 34.2 Å². The van der Waals surface area contributed by atoms with Crippen LogP contribution in [0, 0.1) is 13.8 Å². The van der Waals surface area contributed by atoms with E-state index in [-0.39, 0.29) is 12.3 Å². The van der Waals surface area contributed by atoms with Crippen molar-refractivity contribution in [2.24, 2.45) is 0 Å². The number of nitrogens with one attached hydrogen (secondary N) is 1. The molecule has 0 aliphatic rings. The molecule has 0 spiro atoms. The van der Waals surface area contributed by atoms with Crippen molar-refractivity contribution < 1.29 is 18.8 Å². The number of hydrogen-bond acceptors (Lipinski definition) is 5. The summed E-state index contributed by atoms with van der Waals surface area (Å²) in [6.45, 7) is 3.95. The lowest BCUT2D eigenvalue weighted by molar-refractivity contribution is -0.115. The highest BCUT2D eigenvalue weighted by Crippen LogP contribution is 2.36. The Balaban J connectivity index is 1.86. The number of hydrogen-bond donors (Lipinski definition) is 1. The van der Waals surface area contributed by atoms with Crippen molar-refractivity contribution in [3.05, 3.63) is 46.1 Å². The van der Waals surface area contributed by atoms with Gasteiger partial charge in [0, 0.05) is 17.5 Å². The number of ether oxygens (including phenoxy) is 2. The van der Waals surface area contributed by atoms with E-state index in [9.17, 15) is 4.79 Å². The molecule has 1 N–H and O–H groups in total. The third-order valence-corrected chi connectivity index (χ3v) is 4.35. The van der Waals surface area contributed by atoms with E-state index in [1.807, 2.05) is 26.0 Å². The van der Waals surface area contributed by atoms with Crippen molar-refractivity contribution in [3.63, 3.8) is 0 Å². The summed E-state index contributed by atoms with van der Waals surface area (Å²) in [5, 5.41) is 8.11. The zero-order valence-corrected chi connectivity index (χ0v) is 15.7. The first-order valence-corrected chi connectivity index (χ1v) is 8.37. The minimum absolute atomic E-state index is 0.0734. The van der Waals surface area contributed by atoms with Gasteiger partial charge >= 0.3 is 0 Å². The van der Waals surface area contributed by atoms with Gasteiger partial charge < -0.3 is 19.3 Å². The van der Waals surface area contributed by atoms with E-state index in [1.54, 1.807) is 12.1 Å². The summed E-state index contributed by atoms with van der Waals surface area (Å²) < 4.78 is 15.9. The summed E-state index contributed by atoms with van der Waals surface area (Å²) in [5.41, 5.74) is 3.83. The molecule has 1 heterocycles. The smallest absolute Gasteiger partial charge is 0.230 e. The lowest BCUT2D eigenvalue weighted by atomic mass is 10.1. The molecule has 0 fully saturated rings. The molecule has 0 aliphatic heterocycles. The number of amides is 1. The number of methoxy groups -OCH3 is 2. The van der Waals surface area contributed by atoms with Gasteiger partial charge in [-0.1, -0.05) is 22.8 Å². The number of anilines is 1. The maximum Gasteiger partial charge on any atom is 0.230 e. The number of aromatic nitrogens is 1. The minimum Gasteiger partial charge on any atom is -0.495 e. The van der Waals surface area contributed by atoms with E-state index < -0.39 is 0 Å². The third-order valence-electron chi connectivity index (χ3n) is 4.05. The molecule has 0 aliphatic carbocycles. The van der Waals surface area contributed by atoms with Gasteiger partial charge in [-0.05, 0) is 31.0 Å². The average Bonchev–Trinajstić information content (AvgIpc) is 2.99. The molecule has 1 aromatic heterocycles. The van der Waals surface area contributed by atoms with Gasteiger partial charge in [-0.3, -0.25) is 4.79 Å².